The third-order valence-electron chi connectivity index (χ3n) is 2.54. The van der Waals surface area contributed by atoms with Gasteiger partial charge in [-0.3, -0.25) is 4.90 Å². The molecule has 0 spiro atoms. The van der Waals surface area contributed by atoms with E-state index in [1.54, 1.807) is 7.05 Å². The van der Waals surface area contributed by atoms with E-state index in [-0.39, 0.29) is 13.2 Å². The number of likely N-dealkylation sites (N-methyl/N-ethyl adjacent to an activating group) is 1. The highest BCUT2D eigenvalue weighted by molar-refractivity contribution is 5.05. The predicted octanol–water partition coefficient (Wildman–Crippen LogP) is -0.305. The largest absolute Gasteiger partial charge is 0.389 e. The number of hydrogen-bond acceptors (Lipinski definition) is 3. The second kappa shape index (κ2) is 2.37. The lowest BCUT2D eigenvalue weighted by atomic mass is 10.1. The first-order chi connectivity index (χ1) is 5.52. The topological polar surface area (TPSA) is 32.7 Å². The summed E-state index contributed by atoms with van der Waals surface area (Å²) in [7, 11) is 1.58. The lowest BCUT2D eigenvalue weighted by Crippen LogP contribution is -2.38. The number of nitrogens with zero attached hydrogens (tertiary/aromatic N) is 1. The Balaban J connectivity index is 2.23. The molecule has 0 radical (unpaired) electrons. The van der Waals surface area contributed by atoms with Gasteiger partial charge in [0.25, 0.3) is 5.92 Å². The van der Waals surface area contributed by atoms with Gasteiger partial charge in [-0.25, -0.2) is 8.78 Å². The molecule has 0 aliphatic carbocycles. The molecule has 2 aliphatic rings. The fraction of sp³-hybridized carbons (Fsp3) is 1.00. The van der Waals surface area contributed by atoms with E-state index in [0.29, 0.717) is 0 Å². The highest BCUT2D eigenvalue weighted by Crippen LogP contribution is 2.38. The highest BCUT2D eigenvalue weighted by Gasteiger charge is 2.59. The van der Waals surface area contributed by atoms with Crippen LogP contribution >= 0.6 is 0 Å². The lowest BCUT2D eigenvalue weighted by Gasteiger charge is -2.18. The summed E-state index contributed by atoms with van der Waals surface area (Å²) in [6.45, 7) is -0.297. The average molecular weight is 179 g/mol. The number of rotatable bonds is 0. The fourth-order valence-corrected chi connectivity index (χ4v) is 2.03. The van der Waals surface area contributed by atoms with E-state index < -0.39 is 24.2 Å². The first-order valence-corrected chi connectivity index (χ1v) is 3.90. The number of likely N-dealkylation sites (tertiary alicyclic amines) is 1. The van der Waals surface area contributed by atoms with Crippen molar-refractivity contribution in [2.45, 2.75) is 24.2 Å². The molecule has 1 N–H and O–H groups in total. The van der Waals surface area contributed by atoms with Crippen molar-refractivity contribution >= 4 is 0 Å². The molecule has 0 amide bonds. The Morgan fingerprint density at radius 2 is 2.25 bits per heavy atom. The maximum absolute atomic E-state index is 13.0. The molecule has 2 fully saturated rings. The van der Waals surface area contributed by atoms with Gasteiger partial charge in [0.1, 0.15) is 6.10 Å². The molecule has 2 rings (SSSR count). The van der Waals surface area contributed by atoms with Gasteiger partial charge >= 0.3 is 0 Å². The summed E-state index contributed by atoms with van der Waals surface area (Å²) in [5, 5.41) is 9.30. The molecule has 70 valence electrons. The molecule has 2 saturated heterocycles. The molecule has 12 heavy (non-hydrogen) atoms. The molecule has 3 atom stereocenters. The second-order valence-electron chi connectivity index (χ2n) is 3.49. The van der Waals surface area contributed by atoms with Gasteiger partial charge in [-0.15, -0.1) is 0 Å². The van der Waals surface area contributed by atoms with Crippen LogP contribution < -0.4 is 0 Å². The van der Waals surface area contributed by atoms with Crippen LogP contribution in [0, 0.1) is 0 Å². The zero-order valence-corrected chi connectivity index (χ0v) is 6.70. The molecule has 3 nitrogen and oxygen atoms in total. The summed E-state index contributed by atoms with van der Waals surface area (Å²) in [6.07, 6.45) is -1.88. The van der Waals surface area contributed by atoms with Crippen LogP contribution in [0.1, 0.15) is 0 Å². The number of aliphatic hydroxyl groups excluding tert-OH is 1. The van der Waals surface area contributed by atoms with Gasteiger partial charge in [0.2, 0.25) is 0 Å². The van der Waals surface area contributed by atoms with Crippen LogP contribution in [0.4, 0.5) is 8.78 Å². The number of halogens is 2. The SMILES string of the molecule is CN1CC(F)(F)C2OCC(O)C21. The van der Waals surface area contributed by atoms with Crippen LogP contribution in [-0.4, -0.2) is 54.4 Å². The fourth-order valence-electron chi connectivity index (χ4n) is 2.03. The monoisotopic (exact) mass is 179 g/mol. The summed E-state index contributed by atoms with van der Waals surface area (Å²) in [5.41, 5.74) is 0. The van der Waals surface area contributed by atoms with Crippen LogP contribution in [0.3, 0.4) is 0 Å². The van der Waals surface area contributed by atoms with Crippen molar-refractivity contribution in [3.63, 3.8) is 0 Å². The average Bonchev–Trinajstić information content (AvgIpc) is 2.38. The molecule has 2 aliphatic heterocycles. The summed E-state index contributed by atoms with van der Waals surface area (Å²) in [5.74, 6) is -2.81. The zero-order valence-electron chi connectivity index (χ0n) is 6.70. The van der Waals surface area contributed by atoms with Crippen molar-refractivity contribution in [2.75, 3.05) is 20.2 Å². The minimum atomic E-state index is -2.81. The summed E-state index contributed by atoms with van der Waals surface area (Å²) in [4.78, 5) is 1.46. The molecule has 3 unspecified atom stereocenters. The first-order valence-electron chi connectivity index (χ1n) is 3.90. The van der Waals surface area contributed by atoms with E-state index in [0.717, 1.165) is 0 Å². The Labute approximate surface area is 68.9 Å². The molecule has 0 saturated carbocycles. The van der Waals surface area contributed by atoms with E-state index in [9.17, 15) is 13.9 Å². The Kier molecular flexibility index (Phi) is 1.65. The van der Waals surface area contributed by atoms with Gasteiger partial charge in [0, 0.05) is 0 Å². The van der Waals surface area contributed by atoms with Crippen LogP contribution in [0.2, 0.25) is 0 Å². The molecular formula is C7H11F2NO2. The predicted molar refractivity (Wildman–Crippen MR) is 37.1 cm³/mol. The van der Waals surface area contributed by atoms with E-state index >= 15 is 0 Å². The van der Waals surface area contributed by atoms with Crippen LogP contribution in [0.25, 0.3) is 0 Å². The van der Waals surface area contributed by atoms with Crippen molar-refractivity contribution in [3.05, 3.63) is 0 Å². The van der Waals surface area contributed by atoms with Gasteiger partial charge in [-0.1, -0.05) is 0 Å². The van der Waals surface area contributed by atoms with Crippen molar-refractivity contribution in [3.8, 4) is 0 Å². The van der Waals surface area contributed by atoms with Gasteiger partial charge in [-0.2, -0.15) is 0 Å². The number of fused-ring (bicyclic) bond motifs is 1. The zero-order chi connectivity index (χ0) is 8.93. The molecule has 0 bridgehead atoms. The van der Waals surface area contributed by atoms with Crippen molar-refractivity contribution in [2.24, 2.45) is 0 Å². The minimum absolute atomic E-state index is 0.0231. The van der Waals surface area contributed by atoms with Crippen LogP contribution in [-0.2, 0) is 4.74 Å². The third kappa shape index (κ3) is 0.967. The van der Waals surface area contributed by atoms with Crippen LogP contribution in [0.15, 0.2) is 0 Å². The maximum Gasteiger partial charge on any atom is 0.287 e. The number of aliphatic hydroxyl groups is 1. The molecule has 0 aromatic carbocycles. The smallest absolute Gasteiger partial charge is 0.287 e. The van der Waals surface area contributed by atoms with Crippen LogP contribution in [0.5, 0.6) is 0 Å². The van der Waals surface area contributed by atoms with Crippen molar-refractivity contribution in [1.29, 1.82) is 0 Å². The summed E-state index contributed by atoms with van der Waals surface area (Å²) in [6, 6.07) is -0.528. The molecular weight excluding hydrogens is 168 g/mol. The number of ether oxygens (including phenoxy) is 1. The van der Waals surface area contributed by atoms with Crippen molar-refractivity contribution in [1.82, 2.24) is 4.90 Å². The second-order valence-corrected chi connectivity index (χ2v) is 3.49. The maximum atomic E-state index is 13.0. The quantitative estimate of drug-likeness (QED) is 0.554. The normalized spacial score (nSPS) is 46.5. The van der Waals surface area contributed by atoms with Gasteiger partial charge in [0.05, 0.1) is 25.3 Å². The number of alkyl halides is 2. The van der Waals surface area contributed by atoms with E-state index in [1.807, 2.05) is 0 Å². The Bertz CT molecular complexity index is 200. The number of hydrogen-bond donors (Lipinski definition) is 1. The molecule has 5 heteroatoms. The van der Waals surface area contributed by atoms with Gasteiger partial charge in [-0.05, 0) is 7.05 Å². The van der Waals surface area contributed by atoms with E-state index in [4.69, 9.17) is 4.74 Å². The molecule has 2 heterocycles. The Morgan fingerprint density at radius 1 is 1.58 bits per heavy atom. The molecule has 0 aromatic rings. The summed E-state index contributed by atoms with van der Waals surface area (Å²) >= 11 is 0. The standard InChI is InChI=1S/C7H11F2NO2/c1-10-3-7(8,9)6-5(10)4(11)2-12-6/h4-6,11H,2-3H2,1H3. The molecule has 0 aromatic heterocycles. The Morgan fingerprint density at radius 3 is 2.83 bits per heavy atom. The Hall–Kier alpha value is -0.260. The van der Waals surface area contributed by atoms with E-state index in [2.05, 4.69) is 0 Å². The first kappa shape index (κ1) is 8.34. The van der Waals surface area contributed by atoms with Gasteiger partial charge < -0.3 is 9.84 Å². The lowest BCUT2D eigenvalue weighted by molar-refractivity contribution is -0.0925. The third-order valence-corrected chi connectivity index (χ3v) is 2.54. The van der Waals surface area contributed by atoms with E-state index in [1.165, 1.54) is 4.90 Å². The van der Waals surface area contributed by atoms with Crippen molar-refractivity contribution < 1.29 is 18.6 Å². The summed E-state index contributed by atoms with van der Waals surface area (Å²) < 4.78 is 30.9. The minimum Gasteiger partial charge on any atom is -0.389 e. The highest BCUT2D eigenvalue weighted by atomic mass is 19.3. The van der Waals surface area contributed by atoms with Gasteiger partial charge in [0.15, 0.2) is 0 Å².